The first kappa shape index (κ1) is 20.8. The monoisotopic (exact) mass is 420 g/mol. The first-order chi connectivity index (χ1) is 15.0. The maximum atomic E-state index is 14.9. The Morgan fingerprint density at radius 2 is 1.74 bits per heavy atom. The van der Waals surface area contributed by atoms with Gasteiger partial charge in [-0.15, -0.1) is 0 Å². The number of carbonyl (C=O) groups excluding carboxylic acids is 2. The van der Waals surface area contributed by atoms with Crippen LogP contribution in [0.2, 0.25) is 0 Å². The molecule has 4 rings (SSSR count). The van der Waals surface area contributed by atoms with Crippen LogP contribution in [0.3, 0.4) is 0 Å². The van der Waals surface area contributed by atoms with Gasteiger partial charge < -0.3 is 9.73 Å². The Balaban J connectivity index is 1.82. The molecule has 0 radical (unpaired) electrons. The molecule has 3 aromatic rings. The second-order valence-corrected chi connectivity index (χ2v) is 7.90. The first-order valence-corrected chi connectivity index (χ1v) is 10.5. The molecular formula is C25H25FN2O3. The number of carbonyl (C=O) groups is 2. The molecule has 1 aromatic heterocycles. The van der Waals surface area contributed by atoms with Crippen LogP contribution in [0.5, 0.6) is 0 Å². The van der Waals surface area contributed by atoms with Gasteiger partial charge in [-0.25, -0.2) is 4.39 Å². The highest BCUT2D eigenvalue weighted by Gasteiger charge is 2.37. The molecule has 1 aliphatic carbocycles. The highest BCUT2D eigenvalue weighted by atomic mass is 19.1. The molecule has 0 bridgehead atoms. The van der Waals surface area contributed by atoms with Crippen LogP contribution in [0.1, 0.15) is 53.4 Å². The summed E-state index contributed by atoms with van der Waals surface area (Å²) in [4.78, 5) is 28.3. The van der Waals surface area contributed by atoms with E-state index in [1.54, 1.807) is 36.4 Å². The number of furan rings is 1. The van der Waals surface area contributed by atoms with E-state index >= 15 is 0 Å². The molecule has 5 nitrogen and oxygen atoms in total. The number of benzene rings is 2. The second-order valence-electron chi connectivity index (χ2n) is 7.90. The van der Waals surface area contributed by atoms with Crippen LogP contribution < -0.4 is 10.2 Å². The van der Waals surface area contributed by atoms with Gasteiger partial charge in [-0.05, 0) is 50.1 Å². The number of nitrogens with one attached hydrogen (secondary N) is 1. The molecule has 6 heteroatoms. The zero-order valence-corrected chi connectivity index (χ0v) is 17.4. The molecule has 1 fully saturated rings. The highest BCUT2D eigenvalue weighted by molar-refractivity contribution is 6.08. The van der Waals surface area contributed by atoms with E-state index in [4.69, 9.17) is 4.42 Å². The third-order valence-electron chi connectivity index (χ3n) is 5.67. The lowest BCUT2D eigenvalue weighted by Gasteiger charge is -2.32. The third-order valence-corrected chi connectivity index (χ3v) is 5.67. The van der Waals surface area contributed by atoms with Crippen molar-refractivity contribution < 1.29 is 18.4 Å². The number of halogens is 1. The number of anilines is 1. The minimum Gasteiger partial charge on any atom is -0.459 e. The normalized spacial score (nSPS) is 14.9. The molecule has 31 heavy (non-hydrogen) atoms. The van der Waals surface area contributed by atoms with Crippen molar-refractivity contribution in [2.24, 2.45) is 0 Å². The fraction of sp³-hybridized carbons (Fsp3) is 0.280. The Kier molecular flexibility index (Phi) is 6.16. The van der Waals surface area contributed by atoms with E-state index in [9.17, 15) is 14.0 Å². The smallest absolute Gasteiger partial charge is 0.294 e. The summed E-state index contributed by atoms with van der Waals surface area (Å²) >= 11 is 0. The maximum Gasteiger partial charge on any atom is 0.294 e. The van der Waals surface area contributed by atoms with Gasteiger partial charge in [-0.3, -0.25) is 14.5 Å². The summed E-state index contributed by atoms with van der Waals surface area (Å²) in [6, 6.07) is 15.3. The molecule has 1 N–H and O–H groups in total. The van der Waals surface area contributed by atoms with Crippen LogP contribution in [-0.4, -0.2) is 17.9 Å². The summed E-state index contributed by atoms with van der Waals surface area (Å²) in [7, 11) is 0. The van der Waals surface area contributed by atoms with Crippen molar-refractivity contribution in [3.05, 3.63) is 89.6 Å². The van der Waals surface area contributed by atoms with Gasteiger partial charge in [0.1, 0.15) is 11.9 Å². The number of aryl methyl sites for hydroxylation is 1. The Labute approximate surface area is 180 Å². The zero-order valence-electron chi connectivity index (χ0n) is 17.4. The topological polar surface area (TPSA) is 62.6 Å². The molecule has 2 aromatic carbocycles. The zero-order chi connectivity index (χ0) is 21.8. The number of hydrogen-bond donors (Lipinski definition) is 1. The largest absolute Gasteiger partial charge is 0.459 e. The van der Waals surface area contributed by atoms with Crippen LogP contribution in [0, 0.1) is 12.7 Å². The van der Waals surface area contributed by atoms with E-state index < -0.39 is 23.7 Å². The lowest BCUT2D eigenvalue weighted by Crippen LogP contribution is -2.46. The van der Waals surface area contributed by atoms with Crippen molar-refractivity contribution in [3.63, 3.8) is 0 Å². The number of nitrogens with zero attached hydrogens (tertiary/aromatic N) is 1. The molecule has 0 unspecified atom stereocenters. The Hall–Kier alpha value is -3.41. The van der Waals surface area contributed by atoms with Gasteiger partial charge in [0.2, 0.25) is 5.91 Å². The molecule has 1 heterocycles. The molecule has 0 saturated heterocycles. The molecule has 0 spiro atoms. The minimum absolute atomic E-state index is 0.0281. The van der Waals surface area contributed by atoms with Gasteiger partial charge in [-0.1, -0.05) is 48.7 Å². The molecular weight excluding hydrogens is 395 g/mol. The van der Waals surface area contributed by atoms with Crippen molar-refractivity contribution in [2.75, 3.05) is 4.90 Å². The van der Waals surface area contributed by atoms with E-state index in [1.807, 2.05) is 19.1 Å². The van der Waals surface area contributed by atoms with Crippen molar-refractivity contribution >= 4 is 17.5 Å². The summed E-state index contributed by atoms with van der Waals surface area (Å²) < 4.78 is 20.3. The van der Waals surface area contributed by atoms with Crippen LogP contribution in [-0.2, 0) is 4.79 Å². The van der Waals surface area contributed by atoms with Crippen LogP contribution in [0.15, 0.2) is 71.3 Å². The summed E-state index contributed by atoms with van der Waals surface area (Å²) in [5.74, 6) is -1.38. The number of amides is 2. The van der Waals surface area contributed by atoms with E-state index in [0.29, 0.717) is 5.69 Å². The van der Waals surface area contributed by atoms with E-state index in [2.05, 4.69) is 5.32 Å². The maximum absolute atomic E-state index is 14.9. The quantitative estimate of drug-likeness (QED) is 0.598. The fourth-order valence-corrected chi connectivity index (χ4v) is 4.05. The molecule has 0 aliphatic heterocycles. The van der Waals surface area contributed by atoms with Crippen LogP contribution >= 0.6 is 0 Å². The van der Waals surface area contributed by atoms with Crippen molar-refractivity contribution in [3.8, 4) is 0 Å². The van der Waals surface area contributed by atoms with E-state index in [0.717, 1.165) is 31.2 Å². The Morgan fingerprint density at radius 1 is 1.03 bits per heavy atom. The summed E-state index contributed by atoms with van der Waals surface area (Å²) in [5, 5.41) is 3.04. The van der Waals surface area contributed by atoms with Crippen LogP contribution in [0.25, 0.3) is 0 Å². The predicted octanol–water partition coefficient (Wildman–Crippen LogP) is 5.17. The van der Waals surface area contributed by atoms with Crippen molar-refractivity contribution in [2.45, 2.75) is 44.7 Å². The Morgan fingerprint density at radius 3 is 2.39 bits per heavy atom. The van der Waals surface area contributed by atoms with Gasteiger partial charge in [0.25, 0.3) is 5.91 Å². The van der Waals surface area contributed by atoms with Crippen molar-refractivity contribution in [1.82, 2.24) is 5.32 Å². The third kappa shape index (κ3) is 4.53. The van der Waals surface area contributed by atoms with Gasteiger partial charge in [-0.2, -0.15) is 0 Å². The van der Waals surface area contributed by atoms with Gasteiger partial charge in [0.15, 0.2) is 5.76 Å². The average molecular weight is 420 g/mol. The second kappa shape index (κ2) is 9.16. The fourth-order valence-electron chi connectivity index (χ4n) is 4.05. The van der Waals surface area contributed by atoms with Gasteiger partial charge in [0.05, 0.1) is 6.26 Å². The lowest BCUT2D eigenvalue weighted by molar-refractivity contribution is -0.123. The molecule has 1 atom stereocenters. The SMILES string of the molecule is Cc1ccc(N(C(=O)c2ccco2)[C@H](C(=O)NC2CCCC2)c2ccccc2F)cc1. The van der Waals surface area contributed by atoms with Crippen molar-refractivity contribution in [1.29, 1.82) is 0 Å². The van der Waals surface area contributed by atoms with Gasteiger partial charge >= 0.3 is 0 Å². The number of rotatable bonds is 6. The van der Waals surface area contributed by atoms with E-state index in [1.165, 1.54) is 23.3 Å². The predicted molar refractivity (Wildman–Crippen MR) is 116 cm³/mol. The van der Waals surface area contributed by atoms with Gasteiger partial charge in [0, 0.05) is 17.3 Å². The van der Waals surface area contributed by atoms with Crippen LogP contribution in [0.4, 0.5) is 10.1 Å². The molecule has 1 aliphatic rings. The molecule has 160 valence electrons. The highest BCUT2D eigenvalue weighted by Crippen LogP contribution is 2.32. The minimum atomic E-state index is -1.18. The van der Waals surface area contributed by atoms with E-state index in [-0.39, 0.29) is 17.4 Å². The number of hydrogen-bond acceptors (Lipinski definition) is 3. The molecule has 2 amide bonds. The molecule has 1 saturated carbocycles. The average Bonchev–Trinajstić information content (AvgIpc) is 3.47. The first-order valence-electron chi connectivity index (χ1n) is 10.5. The standard InChI is InChI=1S/C25H25FN2O3/c1-17-12-14-19(15-13-17)28(25(30)22-11-6-16-31-22)23(20-9-4-5-10-21(20)26)24(29)27-18-7-2-3-8-18/h4-6,9-16,18,23H,2-3,7-8H2,1H3,(H,27,29)/t23-/m0/s1. The summed E-state index contributed by atoms with van der Waals surface area (Å²) in [6.07, 6.45) is 5.25. The Bertz CT molecular complexity index is 1040. The lowest BCUT2D eigenvalue weighted by atomic mass is 10.0. The summed E-state index contributed by atoms with van der Waals surface area (Å²) in [5.41, 5.74) is 1.63. The summed E-state index contributed by atoms with van der Waals surface area (Å²) in [6.45, 7) is 1.93.